The van der Waals surface area contributed by atoms with Crippen LogP contribution in [0.4, 0.5) is 0 Å². The lowest BCUT2D eigenvalue weighted by Crippen LogP contribution is -2.46. The lowest BCUT2D eigenvalue weighted by molar-refractivity contribution is 0.0712. The SMILES string of the molecule is CCO[Si](CCCSS(C)(=O)=O)(OCC)OCC. The smallest absolute Gasteiger partial charge is 0.374 e. The van der Waals surface area contributed by atoms with Gasteiger partial charge in [-0.2, -0.15) is 0 Å². The Morgan fingerprint density at radius 1 is 1.00 bits per heavy atom. The highest BCUT2D eigenvalue weighted by atomic mass is 33.1. The minimum absolute atomic E-state index is 0.542. The third-order valence-corrected chi connectivity index (χ3v) is 7.84. The van der Waals surface area contributed by atoms with Gasteiger partial charge < -0.3 is 13.3 Å². The molecular weight excluding hydrogens is 292 g/mol. The van der Waals surface area contributed by atoms with Crippen molar-refractivity contribution in [2.75, 3.05) is 31.8 Å². The van der Waals surface area contributed by atoms with Gasteiger partial charge in [-0.05, 0) is 38.0 Å². The first kappa shape index (κ1) is 18.4. The molecular formula is C10H24O5S2Si. The average Bonchev–Trinajstić information content (AvgIpc) is 2.24. The molecule has 0 bridgehead atoms. The van der Waals surface area contributed by atoms with Crippen LogP contribution in [0.15, 0.2) is 0 Å². The van der Waals surface area contributed by atoms with Crippen LogP contribution in [-0.2, 0) is 22.1 Å². The molecule has 0 aromatic carbocycles. The molecule has 0 rings (SSSR count). The Balaban J connectivity index is 4.29. The molecule has 0 saturated carbocycles. The summed E-state index contributed by atoms with van der Waals surface area (Å²) in [4.78, 5) is 0. The molecule has 0 fully saturated rings. The van der Waals surface area contributed by atoms with Gasteiger partial charge in [0.05, 0.1) is 0 Å². The van der Waals surface area contributed by atoms with Gasteiger partial charge in [0, 0.05) is 37.9 Å². The second-order valence-electron chi connectivity index (χ2n) is 3.61. The van der Waals surface area contributed by atoms with Crippen molar-refractivity contribution in [3.63, 3.8) is 0 Å². The van der Waals surface area contributed by atoms with E-state index in [1.807, 2.05) is 20.8 Å². The van der Waals surface area contributed by atoms with Gasteiger partial charge in [-0.3, -0.25) is 0 Å². The molecule has 0 saturated heterocycles. The monoisotopic (exact) mass is 316 g/mol. The van der Waals surface area contributed by atoms with E-state index < -0.39 is 17.7 Å². The van der Waals surface area contributed by atoms with Crippen LogP contribution in [0.5, 0.6) is 0 Å². The molecule has 0 atom stereocenters. The molecule has 0 spiro atoms. The molecule has 110 valence electrons. The maximum Gasteiger partial charge on any atom is 0.500 e. The van der Waals surface area contributed by atoms with Crippen LogP contribution in [0.2, 0.25) is 6.04 Å². The Morgan fingerprint density at radius 2 is 1.44 bits per heavy atom. The molecule has 0 aromatic rings. The van der Waals surface area contributed by atoms with Crippen LogP contribution in [0.1, 0.15) is 27.2 Å². The zero-order valence-electron chi connectivity index (χ0n) is 11.6. The van der Waals surface area contributed by atoms with E-state index in [4.69, 9.17) is 13.3 Å². The van der Waals surface area contributed by atoms with E-state index in [2.05, 4.69) is 0 Å². The molecule has 0 aliphatic carbocycles. The maximum absolute atomic E-state index is 11.0. The third-order valence-electron chi connectivity index (χ3n) is 2.02. The van der Waals surface area contributed by atoms with Crippen molar-refractivity contribution in [3.8, 4) is 0 Å². The van der Waals surface area contributed by atoms with Gasteiger partial charge in [0.25, 0.3) is 0 Å². The second-order valence-corrected chi connectivity index (χ2v) is 10.9. The predicted octanol–water partition coefficient (Wildman–Crippen LogP) is 2.12. The Labute approximate surface area is 115 Å². The van der Waals surface area contributed by atoms with Gasteiger partial charge in [0.15, 0.2) is 8.87 Å². The summed E-state index contributed by atoms with van der Waals surface area (Å²) in [5.74, 6) is 0.542. The van der Waals surface area contributed by atoms with E-state index in [0.29, 0.717) is 38.0 Å². The van der Waals surface area contributed by atoms with Crippen LogP contribution < -0.4 is 0 Å². The summed E-state index contributed by atoms with van der Waals surface area (Å²) in [6, 6.07) is 0.658. The summed E-state index contributed by atoms with van der Waals surface area (Å²) in [5, 5.41) is 0. The van der Waals surface area contributed by atoms with E-state index in [0.717, 1.165) is 10.8 Å². The molecule has 0 N–H and O–H groups in total. The quantitative estimate of drug-likeness (QED) is 0.330. The Bertz CT molecular complexity index is 290. The van der Waals surface area contributed by atoms with Crippen molar-refractivity contribution >= 4 is 28.5 Å². The summed E-state index contributed by atoms with van der Waals surface area (Å²) in [6.45, 7) is 7.36. The van der Waals surface area contributed by atoms with Crippen molar-refractivity contribution in [1.29, 1.82) is 0 Å². The first-order valence-corrected chi connectivity index (χ1v) is 11.5. The molecule has 0 aliphatic heterocycles. The topological polar surface area (TPSA) is 61.8 Å². The maximum atomic E-state index is 11.0. The van der Waals surface area contributed by atoms with Crippen molar-refractivity contribution in [1.82, 2.24) is 0 Å². The van der Waals surface area contributed by atoms with Gasteiger partial charge in [-0.1, -0.05) is 0 Å². The molecule has 0 aliphatic rings. The zero-order chi connectivity index (χ0) is 14.1. The van der Waals surface area contributed by atoms with Crippen molar-refractivity contribution in [3.05, 3.63) is 0 Å². The molecule has 5 nitrogen and oxygen atoms in total. The van der Waals surface area contributed by atoms with E-state index in [1.165, 1.54) is 6.26 Å². The number of hydrogen-bond donors (Lipinski definition) is 0. The van der Waals surface area contributed by atoms with E-state index >= 15 is 0 Å². The lowest BCUT2D eigenvalue weighted by Gasteiger charge is -2.28. The highest BCUT2D eigenvalue weighted by molar-refractivity contribution is 8.71. The highest BCUT2D eigenvalue weighted by Gasteiger charge is 2.39. The molecule has 18 heavy (non-hydrogen) atoms. The summed E-state index contributed by atoms with van der Waals surface area (Å²) in [6.07, 6.45) is 1.93. The predicted molar refractivity (Wildman–Crippen MR) is 77.4 cm³/mol. The fourth-order valence-corrected chi connectivity index (χ4v) is 6.20. The number of hydrogen-bond acceptors (Lipinski definition) is 6. The Morgan fingerprint density at radius 3 is 1.78 bits per heavy atom. The van der Waals surface area contributed by atoms with E-state index in [-0.39, 0.29) is 0 Å². The molecule has 0 heterocycles. The standard InChI is InChI=1S/C10H24O5S2Si/c1-5-13-18(14-6-2,15-7-3)10-8-9-16-17(4,11)12/h5-10H2,1-4H3. The number of rotatable bonds is 11. The largest absolute Gasteiger partial charge is 0.500 e. The second kappa shape index (κ2) is 9.32. The molecule has 8 heteroatoms. The third kappa shape index (κ3) is 8.49. The van der Waals surface area contributed by atoms with Gasteiger partial charge in [-0.25, -0.2) is 8.42 Å². The fraction of sp³-hybridized carbons (Fsp3) is 1.00. The van der Waals surface area contributed by atoms with Crippen LogP contribution in [0, 0.1) is 0 Å². The Kier molecular flexibility index (Phi) is 9.53. The van der Waals surface area contributed by atoms with Crippen LogP contribution in [-0.4, -0.2) is 49.1 Å². The minimum atomic E-state index is -2.97. The van der Waals surface area contributed by atoms with Gasteiger partial charge in [-0.15, -0.1) is 0 Å². The summed E-state index contributed by atoms with van der Waals surface area (Å²) >= 11 is 0. The molecule has 0 unspecified atom stereocenters. The first-order chi connectivity index (χ1) is 8.39. The van der Waals surface area contributed by atoms with Crippen molar-refractivity contribution < 1.29 is 21.7 Å². The molecule has 0 amide bonds. The summed E-state index contributed by atoms with van der Waals surface area (Å²) < 4.78 is 39.1. The van der Waals surface area contributed by atoms with Crippen LogP contribution >= 0.6 is 10.8 Å². The van der Waals surface area contributed by atoms with E-state index in [9.17, 15) is 8.42 Å². The van der Waals surface area contributed by atoms with Crippen molar-refractivity contribution in [2.45, 2.75) is 33.2 Å². The summed E-state index contributed by atoms with van der Waals surface area (Å²) in [7, 11) is -4.61. The van der Waals surface area contributed by atoms with Gasteiger partial charge >= 0.3 is 8.80 Å². The summed E-state index contributed by atoms with van der Waals surface area (Å²) in [5.41, 5.74) is 0. The zero-order valence-corrected chi connectivity index (χ0v) is 14.2. The van der Waals surface area contributed by atoms with Gasteiger partial charge in [0.1, 0.15) is 0 Å². The van der Waals surface area contributed by atoms with Crippen LogP contribution in [0.25, 0.3) is 0 Å². The Hall–Kier alpha value is 0.397. The van der Waals surface area contributed by atoms with Crippen molar-refractivity contribution in [2.24, 2.45) is 0 Å². The fourth-order valence-electron chi connectivity index (χ4n) is 1.50. The first-order valence-electron chi connectivity index (χ1n) is 6.15. The lowest BCUT2D eigenvalue weighted by atomic mass is 10.6. The van der Waals surface area contributed by atoms with Gasteiger partial charge in [0.2, 0.25) is 0 Å². The van der Waals surface area contributed by atoms with E-state index in [1.54, 1.807) is 0 Å². The highest BCUT2D eigenvalue weighted by Crippen LogP contribution is 2.21. The normalized spacial score (nSPS) is 12.9. The average molecular weight is 317 g/mol. The van der Waals surface area contributed by atoms with Crippen LogP contribution in [0.3, 0.4) is 0 Å². The minimum Gasteiger partial charge on any atom is -0.374 e. The molecule has 0 radical (unpaired) electrons. The molecule has 0 aromatic heterocycles.